The summed E-state index contributed by atoms with van der Waals surface area (Å²) in [7, 11) is 1.56. The first-order valence-electron chi connectivity index (χ1n) is 7.24. The van der Waals surface area contributed by atoms with E-state index in [-0.39, 0.29) is 11.9 Å². The van der Waals surface area contributed by atoms with Gasteiger partial charge in [-0.15, -0.1) is 0 Å². The van der Waals surface area contributed by atoms with Gasteiger partial charge in [-0.05, 0) is 24.5 Å². The summed E-state index contributed by atoms with van der Waals surface area (Å²) >= 11 is 0. The quantitative estimate of drug-likeness (QED) is 0.938. The largest absolute Gasteiger partial charge is 0.469 e. The lowest BCUT2D eigenvalue weighted by molar-refractivity contribution is -0.132. The maximum atomic E-state index is 12.5. The predicted octanol–water partition coefficient (Wildman–Crippen LogP) is 3.16. The van der Waals surface area contributed by atoms with Gasteiger partial charge in [0.25, 0.3) is 5.91 Å². The summed E-state index contributed by atoms with van der Waals surface area (Å²) in [6.07, 6.45) is 4.02. The SMILES string of the molecule is CO[C@H](C(=O)N[C@H]1CCCc2occc21)c1ccccc1. The first-order valence-corrected chi connectivity index (χ1v) is 7.24. The van der Waals surface area contributed by atoms with E-state index in [1.807, 2.05) is 36.4 Å². The van der Waals surface area contributed by atoms with Crippen LogP contribution in [0, 0.1) is 0 Å². The Bertz CT molecular complexity index is 606. The minimum Gasteiger partial charge on any atom is -0.469 e. The minimum absolute atomic E-state index is 0.0152. The third-order valence-corrected chi connectivity index (χ3v) is 3.94. The molecule has 0 aliphatic heterocycles. The number of fused-ring (bicyclic) bond motifs is 1. The Morgan fingerprint density at radius 1 is 1.33 bits per heavy atom. The van der Waals surface area contributed by atoms with Gasteiger partial charge in [0.1, 0.15) is 5.76 Å². The third kappa shape index (κ3) is 2.85. The van der Waals surface area contributed by atoms with Crippen LogP contribution in [0.25, 0.3) is 0 Å². The van der Waals surface area contributed by atoms with E-state index in [0.29, 0.717) is 0 Å². The molecule has 0 saturated heterocycles. The van der Waals surface area contributed by atoms with E-state index in [9.17, 15) is 4.79 Å². The molecule has 1 aliphatic rings. The second-order valence-corrected chi connectivity index (χ2v) is 5.28. The van der Waals surface area contributed by atoms with Gasteiger partial charge in [-0.25, -0.2) is 0 Å². The maximum absolute atomic E-state index is 12.5. The van der Waals surface area contributed by atoms with Crippen LogP contribution in [0.3, 0.4) is 0 Å². The lowest BCUT2D eigenvalue weighted by Gasteiger charge is -2.25. The molecule has 110 valence electrons. The molecule has 1 aliphatic carbocycles. The van der Waals surface area contributed by atoms with Gasteiger partial charge in [-0.2, -0.15) is 0 Å². The van der Waals surface area contributed by atoms with Crippen molar-refractivity contribution in [1.82, 2.24) is 5.32 Å². The summed E-state index contributed by atoms with van der Waals surface area (Å²) in [5.74, 6) is 0.878. The monoisotopic (exact) mass is 285 g/mol. The lowest BCUT2D eigenvalue weighted by atomic mass is 9.93. The van der Waals surface area contributed by atoms with Crippen molar-refractivity contribution in [3.63, 3.8) is 0 Å². The first-order chi connectivity index (χ1) is 10.3. The number of carbonyl (C=O) groups excluding carboxylic acids is 1. The Kier molecular flexibility index (Phi) is 4.06. The van der Waals surface area contributed by atoms with E-state index < -0.39 is 6.10 Å². The number of methoxy groups -OCH3 is 1. The summed E-state index contributed by atoms with van der Waals surface area (Å²) in [4.78, 5) is 12.5. The molecule has 0 saturated carbocycles. The van der Waals surface area contributed by atoms with Crippen molar-refractivity contribution in [1.29, 1.82) is 0 Å². The summed E-state index contributed by atoms with van der Waals surface area (Å²) in [5, 5.41) is 3.09. The van der Waals surface area contributed by atoms with Crippen molar-refractivity contribution in [3.05, 3.63) is 59.5 Å². The average Bonchev–Trinajstić information content (AvgIpc) is 2.99. The van der Waals surface area contributed by atoms with E-state index in [1.54, 1.807) is 13.4 Å². The molecular formula is C17H19NO3. The summed E-state index contributed by atoms with van der Waals surface area (Å²) in [6.45, 7) is 0. The van der Waals surface area contributed by atoms with Crippen LogP contribution < -0.4 is 5.32 Å². The normalized spacial score (nSPS) is 18.8. The molecule has 1 aromatic carbocycles. The van der Waals surface area contributed by atoms with Crippen molar-refractivity contribution in [2.75, 3.05) is 7.11 Å². The van der Waals surface area contributed by atoms with Gasteiger partial charge >= 0.3 is 0 Å². The molecule has 2 atom stereocenters. The number of ether oxygens (including phenoxy) is 1. The number of hydrogen-bond donors (Lipinski definition) is 1. The molecule has 3 rings (SSSR count). The zero-order chi connectivity index (χ0) is 14.7. The van der Waals surface area contributed by atoms with E-state index >= 15 is 0 Å². The highest BCUT2D eigenvalue weighted by atomic mass is 16.5. The van der Waals surface area contributed by atoms with Crippen LogP contribution in [-0.2, 0) is 16.0 Å². The van der Waals surface area contributed by atoms with Crippen LogP contribution in [0.2, 0.25) is 0 Å². The second kappa shape index (κ2) is 6.14. The number of furan rings is 1. The fraction of sp³-hybridized carbons (Fsp3) is 0.353. The van der Waals surface area contributed by atoms with Crippen LogP contribution in [0.4, 0.5) is 0 Å². The minimum atomic E-state index is -0.580. The molecule has 0 bridgehead atoms. The zero-order valence-electron chi connectivity index (χ0n) is 12.0. The molecule has 0 unspecified atom stereocenters. The van der Waals surface area contributed by atoms with Crippen LogP contribution in [0.1, 0.15) is 41.9 Å². The molecule has 1 amide bonds. The molecule has 4 nitrogen and oxygen atoms in total. The molecular weight excluding hydrogens is 266 g/mol. The highest BCUT2D eigenvalue weighted by Crippen LogP contribution is 2.31. The highest BCUT2D eigenvalue weighted by Gasteiger charge is 2.27. The number of amides is 1. The van der Waals surface area contributed by atoms with Crippen molar-refractivity contribution in [3.8, 4) is 0 Å². The number of nitrogens with one attached hydrogen (secondary N) is 1. The van der Waals surface area contributed by atoms with Crippen molar-refractivity contribution in [2.24, 2.45) is 0 Å². The van der Waals surface area contributed by atoms with Crippen molar-refractivity contribution < 1.29 is 13.9 Å². The maximum Gasteiger partial charge on any atom is 0.254 e. The van der Waals surface area contributed by atoms with E-state index in [0.717, 1.165) is 36.1 Å². The number of benzene rings is 1. The van der Waals surface area contributed by atoms with Gasteiger partial charge in [0.15, 0.2) is 6.10 Å². The summed E-state index contributed by atoms with van der Waals surface area (Å²) in [6, 6.07) is 11.5. The molecule has 0 fully saturated rings. The van der Waals surface area contributed by atoms with Gasteiger partial charge in [-0.3, -0.25) is 4.79 Å². The molecule has 0 radical (unpaired) electrons. The second-order valence-electron chi connectivity index (χ2n) is 5.28. The highest BCUT2D eigenvalue weighted by molar-refractivity contribution is 5.82. The average molecular weight is 285 g/mol. The van der Waals surface area contributed by atoms with Gasteiger partial charge < -0.3 is 14.5 Å². The smallest absolute Gasteiger partial charge is 0.254 e. The van der Waals surface area contributed by atoms with Crippen molar-refractivity contribution >= 4 is 5.91 Å². The molecule has 1 aromatic heterocycles. The molecule has 21 heavy (non-hydrogen) atoms. The predicted molar refractivity (Wildman–Crippen MR) is 78.7 cm³/mol. The molecule has 2 aromatic rings. The van der Waals surface area contributed by atoms with E-state index in [4.69, 9.17) is 9.15 Å². The van der Waals surface area contributed by atoms with Crippen molar-refractivity contribution in [2.45, 2.75) is 31.4 Å². The Balaban J connectivity index is 1.75. The molecule has 4 heteroatoms. The Labute approximate surface area is 124 Å². The fourth-order valence-electron chi connectivity index (χ4n) is 2.91. The van der Waals surface area contributed by atoms with Crippen LogP contribution in [0.15, 0.2) is 47.1 Å². The first kappa shape index (κ1) is 13.9. The van der Waals surface area contributed by atoms with Gasteiger partial charge in [0.05, 0.1) is 12.3 Å². The van der Waals surface area contributed by atoms with Gasteiger partial charge in [-0.1, -0.05) is 30.3 Å². The number of carbonyl (C=O) groups is 1. The Morgan fingerprint density at radius 2 is 2.14 bits per heavy atom. The lowest BCUT2D eigenvalue weighted by Crippen LogP contribution is -2.35. The standard InChI is InChI=1S/C17H19NO3/c1-20-16(12-6-3-2-4-7-12)17(19)18-14-8-5-9-15-13(14)10-11-21-15/h2-4,6-7,10-11,14,16H,5,8-9H2,1H3,(H,18,19)/t14-,16-/m0/s1. The Hall–Kier alpha value is -2.07. The summed E-state index contributed by atoms with van der Waals surface area (Å²) in [5.41, 5.74) is 1.96. The van der Waals surface area contributed by atoms with Gasteiger partial charge in [0, 0.05) is 19.1 Å². The van der Waals surface area contributed by atoms with Crippen LogP contribution in [0.5, 0.6) is 0 Å². The van der Waals surface area contributed by atoms with E-state index in [1.165, 1.54) is 0 Å². The third-order valence-electron chi connectivity index (χ3n) is 3.94. The fourth-order valence-corrected chi connectivity index (χ4v) is 2.91. The topological polar surface area (TPSA) is 51.5 Å². The summed E-state index contributed by atoms with van der Waals surface area (Å²) < 4.78 is 10.8. The number of aryl methyl sites for hydroxylation is 1. The number of hydrogen-bond acceptors (Lipinski definition) is 3. The van der Waals surface area contributed by atoms with Gasteiger partial charge in [0.2, 0.25) is 0 Å². The van der Waals surface area contributed by atoms with Crippen LogP contribution in [-0.4, -0.2) is 13.0 Å². The van der Waals surface area contributed by atoms with Crippen LogP contribution >= 0.6 is 0 Å². The molecule has 1 N–H and O–H groups in total. The Morgan fingerprint density at radius 3 is 2.90 bits per heavy atom. The number of rotatable bonds is 4. The molecule has 0 spiro atoms. The molecule has 1 heterocycles. The zero-order valence-corrected chi connectivity index (χ0v) is 12.0. The van der Waals surface area contributed by atoms with E-state index in [2.05, 4.69) is 5.32 Å².